The van der Waals surface area contributed by atoms with Crippen molar-refractivity contribution in [1.29, 1.82) is 0 Å². The zero-order valence-electron chi connectivity index (χ0n) is 10.7. The van der Waals surface area contributed by atoms with Crippen LogP contribution in [0.4, 0.5) is 0 Å². The lowest BCUT2D eigenvalue weighted by molar-refractivity contribution is 0.0473. The molecule has 6 heteroatoms. The minimum Gasteiger partial charge on any atom is -0.391 e. The number of amides is 1. The largest absolute Gasteiger partial charge is 0.391 e. The highest BCUT2D eigenvalue weighted by molar-refractivity contribution is 5.97. The highest BCUT2D eigenvalue weighted by atomic mass is 16.5. The number of nitrogens with zero attached hydrogens (tertiary/aromatic N) is 3. The summed E-state index contributed by atoms with van der Waals surface area (Å²) in [5.74, 6) is -0.103. The molecule has 1 aliphatic rings. The molecule has 2 aromatic heterocycles. The number of aromatic nitrogens is 2. The van der Waals surface area contributed by atoms with Crippen molar-refractivity contribution < 1.29 is 14.4 Å². The fourth-order valence-corrected chi connectivity index (χ4v) is 2.38. The molecule has 1 atom stereocenters. The Balaban J connectivity index is 1.90. The highest BCUT2D eigenvalue weighted by Crippen LogP contribution is 2.19. The molecule has 0 bridgehead atoms. The lowest BCUT2D eigenvalue weighted by Crippen LogP contribution is -2.42. The molecule has 0 unspecified atom stereocenters. The van der Waals surface area contributed by atoms with Crippen LogP contribution in [-0.2, 0) is 0 Å². The summed E-state index contributed by atoms with van der Waals surface area (Å²) in [6, 6.07) is 1.75. The standard InChI is InChI=1S/C13H15N3O3/c1-8-11-5-9(6-14-12(11)19-15-8)13(18)16-4-2-3-10(17)7-16/h5-6,10,17H,2-4,7H2,1H3/t10-/m0/s1. The molecule has 0 radical (unpaired) electrons. The molecule has 3 heterocycles. The summed E-state index contributed by atoms with van der Waals surface area (Å²) in [6.45, 7) is 2.88. The second-order valence-electron chi connectivity index (χ2n) is 4.89. The summed E-state index contributed by atoms with van der Waals surface area (Å²) in [5.41, 5.74) is 1.66. The van der Waals surface area contributed by atoms with Crippen LogP contribution in [0.15, 0.2) is 16.8 Å². The first kappa shape index (κ1) is 12.1. The number of β-amino-alcohol motifs (C(OH)–C–C–N with tert-alkyl or cyclic N) is 1. The zero-order valence-corrected chi connectivity index (χ0v) is 10.7. The molecule has 19 heavy (non-hydrogen) atoms. The highest BCUT2D eigenvalue weighted by Gasteiger charge is 2.23. The minimum atomic E-state index is -0.424. The van der Waals surface area contributed by atoms with Crippen LogP contribution in [0, 0.1) is 6.92 Å². The van der Waals surface area contributed by atoms with Crippen LogP contribution in [0.2, 0.25) is 0 Å². The molecule has 6 nitrogen and oxygen atoms in total. The Morgan fingerprint density at radius 2 is 2.42 bits per heavy atom. The molecule has 100 valence electrons. The molecule has 0 saturated carbocycles. The zero-order chi connectivity index (χ0) is 13.4. The monoisotopic (exact) mass is 261 g/mol. The van der Waals surface area contributed by atoms with Crippen LogP contribution >= 0.6 is 0 Å². The fourth-order valence-electron chi connectivity index (χ4n) is 2.38. The average Bonchev–Trinajstić information content (AvgIpc) is 2.79. The van der Waals surface area contributed by atoms with Crippen LogP contribution < -0.4 is 0 Å². The van der Waals surface area contributed by atoms with Gasteiger partial charge in [0, 0.05) is 19.3 Å². The number of hydrogen-bond acceptors (Lipinski definition) is 5. The molecule has 1 N–H and O–H groups in total. The number of carbonyl (C=O) groups is 1. The summed E-state index contributed by atoms with van der Waals surface area (Å²) >= 11 is 0. The predicted octanol–water partition coefficient (Wildman–Crippen LogP) is 1.13. The molecular weight excluding hydrogens is 246 g/mol. The molecule has 1 saturated heterocycles. The Kier molecular flexibility index (Phi) is 2.94. The SMILES string of the molecule is Cc1noc2ncc(C(=O)N3CCC[C@H](O)C3)cc12. The number of aliphatic hydroxyl groups is 1. The summed E-state index contributed by atoms with van der Waals surface area (Å²) < 4.78 is 5.02. The number of aliphatic hydroxyl groups excluding tert-OH is 1. The van der Waals surface area contributed by atoms with Crippen LogP contribution in [0.3, 0.4) is 0 Å². The van der Waals surface area contributed by atoms with Crippen molar-refractivity contribution in [3.63, 3.8) is 0 Å². The van der Waals surface area contributed by atoms with Crippen molar-refractivity contribution in [1.82, 2.24) is 15.0 Å². The lowest BCUT2D eigenvalue weighted by atomic mass is 10.1. The van der Waals surface area contributed by atoms with Gasteiger partial charge in [0.25, 0.3) is 11.6 Å². The van der Waals surface area contributed by atoms with Gasteiger partial charge in [0.05, 0.1) is 22.7 Å². The third-order valence-electron chi connectivity index (χ3n) is 3.44. The number of carbonyl (C=O) groups excluding carboxylic acids is 1. The normalized spacial score (nSPS) is 19.9. The number of aryl methyl sites for hydroxylation is 1. The second kappa shape index (κ2) is 4.62. The van der Waals surface area contributed by atoms with Gasteiger partial charge in [0.1, 0.15) is 0 Å². The van der Waals surface area contributed by atoms with E-state index in [1.807, 2.05) is 6.92 Å². The molecule has 1 aliphatic heterocycles. The Hall–Kier alpha value is -1.95. The first-order valence-electron chi connectivity index (χ1n) is 6.34. The van der Waals surface area contributed by atoms with Gasteiger partial charge >= 0.3 is 0 Å². The third-order valence-corrected chi connectivity index (χ3v) is 3.44. The van der Waals surface area contributed by atoms with Gasteiger partial charge in [0.15, 0.2) is 0 Å². The average molecular weight is 261 g/mol. The van der Waals surface area contributed by atoms with E-state index in [2.05, 4.69) is 10.1 Å². The van der Waals surface area contributed by atoms with Gasteiger partial charge in [-0.1, -0.05) is 5.16 Å². The first-order chi connectivity index (χ1) is 9.15. The third kappa shape index (κ3) is 2.19. The molecular formula is C13H15N3O3. The van der Waals surface area contributed by atoms with Gasteiger partial charge in [-0.3, -0.25) is 4.79 Å². The van der Waals surface area contributed by atoms with Crippen molar-refractivity contribution in [2.45, 2.75) is 25.9 Å². The molecule has 0 spiro atoms. The van der Waals surface area contributed by atoms with Gasteiger partial charge in [0.2, 0.25) is 0 Å². The van der Waals surface area contributed by atoms with E-state index in [0.29, 0.717) is 24.4 Å². The van der Waals surface area contributed by atoms with Gasteiger partial charge < -0.3 is 14.5 Å². The molecule has 2 aromatic rings. The van der Waals surface area contributed by atoms with Crippen molar-refractivity contribution in [3.8, 4) is 0 Å². The summed E-state index contributed by atoms with van der Waals surface area (Å²) in [5, 5.41) is 14.2. The van der Waals surface area contributed by atoms with Crippen molar-refractivity contribution in [3.05, 3.63) is 23.5 Å². The molecule has 1 fully saturated rings. The molecule has 0 aromatic carbocycles. The van der Waals surface area contributed by atoms with Gasteiger partial charge in [-0.05, 0) is 25.8 Å². The van der Waals surface area contributed by atoms with Crippen molar-refractivity contribution in [2.75, 3.05) is 13.1 Å². The van der Waals surface area contributed by atoms with E-state index in [1.165, 1.54) is 6.20 Å². The Bertz CT molecular complexity index is 623. The Morgan fingerprint density at radius 3 is 3.21 bits per heavy atom. The minimum absolute atomic E-state index is 0.103. The van der Waals surface area contributed by atoms with Gasteiger partial charge in [-0.15, -0.1) is 0 Å². The summed E-state index contributed by atoms with van der Waals surface area (Å²) in [4.78, 5) is 18.1. The summed E-state index contributed by atoms with van der Waals surface area (Å²) in [6.07, 6.45) is 2.66. The van der Waals surface area contributed by atoms with Crippen molar-refractivity contribution in [2.24, 2.45) is 0 Å². The van der Waals surface area contributed by atoms with E-state index in [4.69, 9.17) is 4.52 Å². The number of fused-ring (bicyclic) bond motifs is 1. The van der Waals surface area contributed by atoms with Crippen LogP contribution in [0.1, 0.15) is 28.9 Å². The molecule has 3 rings (SSSR count). The number of rotatable bonds is 1. The molecule has 1 amide bonds. The Labute approximate surface area is 110 Å². The topological polar surface area (TPSA) is 79.5 Å². The van der Waals surface area contributed by atoms with Gasteiger partial charge in [-0.25, -0.2) is 4.98 Å². The van der Waals surface area contributed by atoms with Crippen LogP contribution in [0.25, 0.3) is 11.1 Å². The number of piperidine rings is 1. The number of hydrogen-bond donors (Lipinski definition) is 1. The lowest BCUT2D eigenvalue weighted by Gasteiger charge is -2.30. The van der Waals surface area contributed by atoms with Crippen LogP contribution in [-0.4, -0.2) is 45.2 Å². The maximum absolute atomic E-state index is 12.3. The number of likely N-dealkylation sites (tertiary alicyclic amines) is 1. The maximum atomic E-state index is 12.3. The van der Waals surface area contributed by atoms with E-state index in [-0.39, 0.29) is 5.91 Å². The van der Waals surface area contributed by atoms with E-state index < -0.39 is 6.10 Å². The number of pyridine rings is 1. The quantitative estimate of drug-likeness (QED) is 0.832. The fraction of sp³-hybridized carbons (Fsp3) is 0.462. The van der Waals surface area contributed by atoms with Crippen LogP contribution in [0.5, 0.6) is 0 Å². The first-order valence-corrected chi connectivity index (χ1v) is 6.34. The van der Waals surface area contributed by atoms with E-state index in [0.717, 1.165) is 23.9 Å². The van der Waals surface area contributed by atoms with Gasteiger partial charge in [-0.2, -0.15) is 0 Å². The van der Waals surface area contributed by atoms with Crippen molar-refractivity contribution >= 4 is 17.0 Å². The van der Waals surface area contributed by atoms with E-state index in [1.54, 1.807) is 11.0 Å². The maximum Gasteiger partial charge on any atom is 0.257 e. The second-order valence-corrected chi connectivity index (χ2v) is 4.89. The smallest absolute Gasteiger partial charge is 0.257 e. The Morgan fingerprint density at radius 1 is 1.58 bits per heavy atom. The summed E-state index contributed by atoms with van der Waals surface area (Å²) in [7, 11) is 0. The van der Waals surface area contributed by atoms with E-state index >= 15 is 0 Å². The predicted molar refractivity (Wildman–Crippen MR) is 67.7 cm³/mol. The molecule has 0 aliphatic carbocycles. The van der Waals surface area contributed by atoms with E-state index in [9.17, 15) is 9.90 Å².